The van der Waals surface area contributed by atoms with Crippen LogP contribution in [0.1, 0.15) is 41.0 Å². The summed E-state index contributed by atoms with van der Waals surface area (Å²) in [5.74, 6) is -0.913. The van der Waals surface area contributed by atoms with Crippen molar-refractivity contribution in [2.75, 3.05) is 13.1 Å². The lowest BCUT2D eigenvalue weighted by molar-refractivity contribution is -0.139. The molecule has 100 valence electrons. The third-order valence-corrected chi connectivity index (χ3v) is 2.36. The lowest BCUT2D eigenvalue weighted by atomic mass is 10.1. The molecule has 0 fully saturated rings. The van der Waals surface area contributed by atoms with Gasteiger partial charge < -0.3 is 10.4 Å². The average Bonchev–Trinajstić information content (AvgIpc) is 2.09. The molecule has 0 aliphatic carbocycles. The summed E-state index contributed by atoms with van der Waals surface area (Å²) in [6, 6.07) is -0.136. The van der Waals surface area contributed by atoms with E-state index in [1.165, 1.54) is 0 Å². The zero-order valence-corrected chi connectivity index (χ0v) is 11.4. The van der Waals surface area contributed by atoms with Gasteiger partial charge in [0.1, 0.15) is 0 Å². The normalized spacial score (nSPS) is 13.5. The van der Waals surface area contributed by atoms with Crippen molar-refractivity contribution in [3.63, 3.8) is 0 Å². The summed E-state index contributed by atoms with van der Waals surface area (Å²) in [7, 11) is 0. The minimum Gasteiger partial charge on any atom is -0.481 e. The average molecular weight is 244 g/mol. The molecule has 0 saturated heterocycles. The summed E-state index contributed by atoms with van der Waals surface area (Å²) in [6.45, 7) is 10.4. The van der Waals surface area contributed by atoms with E-state index >= 15 is 0 Å². The zero-order valence-electron chi connectivity index (χ0n) is 11.4. The number of nitrogens with one attached hydrogen (secondary N) is 1. The molecule has 1 amide bonds. The van der Waals surface area contributed by atoms with Gasteiger partial charge in [-0.3, -0.25) is 14.5 Å². The maximum atomic E-state index is 11.7. The highest BCUT2D eigenvalue weighted by Gasteiger charge is 2.20. The second-order valence-corrected chi connectivity index (χ2v) is 5.31. The fourth-order valence-corrected chi connectivity index (χ4v) is 1.60. The van der Waals surface area contributed by atoms with E-state index in [0.717, 1.165) is 0 Å². The molecule has 0 aromatic heterocycles. The van der Waals surface area contributed by atoms with Crippen LogP contribution in [0.4, 0.5) is 0 Å². The van der Waals surface area contributed by atoms with E-state index in [9.17, 15) is 9.59 Å². The minimum absolute atomic E-state index is 0.0522. The molecule has 1 unspecified atom stereocenters. The lowest BCUT2D eigenvalue weighted by Crippen LogP contribution is -2.48. The fraction of sp³-hybridized carbons (Fsp3) is 0.833. The van der Waals surface area contributed by atoms with Crippen LogP contribution >= 0.6 is 0 Å². The fourth-order valence-electron chi connectivity index (χ4n) is 1.60. The van der Waals surface area contributed by atoms with Gasteiger partial charge >= 0.3 is 5.97 Å². The molecule has 0 radical (unpaired) electrons. The number of nitrogens with zero attached hydrogens (tertiary/aromatic N) is 1. The molecule has 5 heteroatoms. The van der Waals surface area contributed by atoms with Gasteiger partial charge in [0.2, 0.25) is 5.91 Å². The van der Waals surface area contributed by atoms with Gasteiger partial charge in [0, 0.05) is 11.6 Å². The Bertz CT molecular complexity index is 271. The lowest BCUT2D eigenvalue weighted by Gasteiger charge is -2.28. The van der Waals surface area contributed by atoms with Crippen molar-refractivity contribution >= 4 is 11.9 Å². The molecule has 0 rings (SSSR count). The van der Waals surface area contributed by atoms with Gasteiger partial charge in [0.15, 0.2) is 0 Å². The Labute approximate surface area is 103 Å². The standard InChI is InChI=1S/C12H24N2O3/c1-6-14(9(2)7-11(16)17)8-10(15)13-12(3,4)5/h9H,6-8H2,1-5H3,(H,13,15)(H,16,17). The Balaban J connectivity index is 4.30. The molecule has 0 aromatic carbocycles. The largest absolute Gasteiger partial charge is 0.481 e. The van der Waals surface area contributed by atoms with Crippen LogP contribution in [0.25, 0.3) is 0 Å². The van der Waals surface area contributed by atoms with Crippen LogP contribution in [-0.4, -0.2) is 46.6 Å². The Kier molecular flexibility index (Phi) is 6.16. The first-order valence-corrected chi connectivity index (χ1v) is 5.92. The summed E-state index contributed by atoms with van der Waals surface area (Å²) in [6.07, 6.45) is 0.0522. The monoisotopic (exact) mass is 244 g/mol. The molecule has 0 aliphatic heterocycles. The molecule has 0 saturated carbocycles. The van der Waals surface area contributed by atoms with Gasteiger partial charge in [-0.15, -0.1) is 0 Å². The number of carbonyl (C=O) groups excluding carboxylic acids is 1. The van der Waals surface area contributed by atoms with Crippen molar-refractivity contribution in [1.29, 1.82) is 0 Å². The number of carbonyl (C=O) groups is 2. The first-order valence-electron chi connectivity index (χ1n) is 5.92. The number of carboxylic acids is 1. The van der Waals surface area contributed by atoms with Crippen molar-refractivity contribution < 1.29 is 14.7 Å². The van der Waals surface area contributed by atoms with Gasteiger partial charge in [-0.25, -0.2) is 0 Å². The van der Waals surface area contributed by atoms with E-state index in [-0.39, 0.29) is 30.5 Å². The van der Waals surface area contributed by atoms with Crippen molar-refractivity contribution in [2.45, 2.75) is 52.6 Å². The van der Waals surface area contributed by atoms with Gasteiger partial charge in [-0.05, 0) is 34.2 Å². The smallest absolute Gasteiger partial charge is 0.304 e. The van der Waals surface area contributed by atoms with Gasteiger partial charge in [-0.2, -0.15) is 0 Å². The Hall–Kier alpha value is -1.10. The molecule has 17 heavy (non-hydrogen) atoms. The SMILES string of the molecule is CCN(CC(=O)NC(C)(C)C)C(C)CC(=O)O. The van der Waals surface area contributed by atoms with E-state index < -0.39 is 5.97 Å². The molecule has 2 N–H and O–H groups in total. The van der Waals surface area contributed by atoms with Gasteiger partial charge in [-0.1, -0.05) is 6.92 Å². The predicted molar refractivity (Wildman–Crippen MR) is 66.9 cm³/mol. The molecule has 0 aromatic rings. The van der Waals surface area contributed by atoms with Gasteiger partial charge in [0.05, 0.1) is 13.0 Å². The molecule has 0 spiro atoms. The second-order valence-electron chi connectivity index (χ2n) is 5.31. The number of amides is 1. The maximum absolute atomic E-state index is 11.7. The predicted octanol–water partition coefficient (Wildman–Crippen LogP) is 1.09. The first-order chi connectivity index (χ1) is 7.65. The quantitative estimate of drug-likeness (QED) is 0.733. The molecular weight excluding hydrogens is 220 g/mol. The summed E-state index contributed by atoms with van der Waals surface area (Å²) < 4.78 is 0. The number of likely N-dealkylation sites (N-methyl/N-ethyl adjacent to an activating group) is 1. The summed E-state index contributed by atoms with van der Waals surface area (Å²) in [4.78, 5) is 24.2. The van der Waals surface area contributed by atoms with Crippen LogP contribution in [-0.2, 0) is 9.59 Å². The van der Waals surface area contributed by atoms with Crippen LogP contribution in [0.15, 0.2) is 0 Å². The highest BCUT2D eigenvalue weighted by molar-refractivity contribution is 5.78. The molecule has 0 aliphatic rings. The van der Waals surface area contributed by atoms with E-state index in [4.69, 9.17) is 5.11 Å². The third kappa shape index (κ3) is 7.74. The van der Waals surface area contributed by atoms with Crippen LogP contribution in [0.5, 0.6) is 0 Å². The molecule has 0 bridgehead atoms. The Morgan fingerprint density at radius 1 is 1.35 bits per heavy atom. The van der Waals surface area contributed by atoms with Crippen LogP contribution in [0.3, 0.4) is 0 Å². The molecule has 0 heterocycles. The van der Waals surface area contributed by atoms with Crippen molar-refractivity contribution in [3.8, 4) is 0 Å². The van der Waals surface area contributed by atoms with Crippen LogP contribution < -0.4 is 5.32 Å². The number of hydrogen-bond donors (Lipinski definition) is 2. The highest BCUT2D eigenvalue weighted by atomic mass is 16.4. The summed E-state index contributed by atoms with van der Waals surface area (Å²) in [5, 5.41) is 11.6. The summed E-state index contributed by atoms with van der Waals surface area (Å²) >= 11 is 0. The van der Waals surface area contributed by atoms with E-state index in [2.05, 4.69) is 5.32 Å². The Morgan fingerprint density at radius 2 is 1.88 bits per heavy atom. The van der Waals surface area contributed by atoms with E-state index in [0.29, 0.717) is 6.54 Å². The van der Waals surface area contributed by atoms with E-state index in [1.807, 2.05) is 39.5 Å². The number of aliphatic carboxylic acids is 1. The third-order valence-electron chi connectivity index (χ3n) is 2.36. The topological polar surface area (TPSA) is 69.6 Å². The first kappa shape index (κ1) is 15.9. The number of rotatable bonds is 6. The Morgan fingerprint density at radius 3 is 2.24 bits per heavy atom. The van der Waals surface area contributed by atoms with E-state index in [1.54, 1.807) is 0 Å². The molecule has 1 atom stereocenters. The second kappa shape index (κ2) is 6.59. The van der Waals surface area contributed by atoms with Gasteiger partial charge in [0.25, 0.3) is 0 Å². The van der Waals surface area contributed by atoms with Crippen molar-refractivity contribution in [2.24, 2.45) is 0 Å². The van der Waals surface area contributed by atoms with Crippen LogP contribution in [0, 0.1) is 0 Å². The van der Waals surface area contributed by atoms with Crippen molar-refractivity contribution in [1.82, 2.24) is 10.2 Å². The molecule has 5 nitrogen and oxygen atoms in total. The minimum atomic E-state index is -0.841. The molecular formula is C12H24N2O3. The summed E-state index contributed by atoms with van der Waals surface area (Å²) in [5.41, 5.74) is -0.257. The van der Waals surface area contributed by atoms with Crippen molar-refractivity contribution in [3.05, 3.63) is 0 Å². The zero-order chi connectivity index (χ0) is 13.6. The highest BCUT2D eigenvalue weighted by Crippen LogP contribution is 2.04. The number of carboxylic acid groups (broad SMARTS) is 1. The van der Waals surface area contributed by atoms with Crippen LogP contribution in [0.2, 0.25) is 0 Å². The maximum Gasteiger partial charge on any atom is 0.304 e. The number of hydrogen-bond acceptors (Lipinski definition) is 3.